The maximum Gasteiger partial charge on any atom is 2.00 e. The second-order valence-electron chi connectivity index (χ2n) is 0.417. The molecule has 0 aliphatic heterocycles. The third kappa shape index (κ3) is 8.82. The zero-order valence-electron chi connectivity index (χ0n) is 5.01. The number of hydrogen-bond donors (Lipinski definition) is 2. The average molecular weight is 213 g/mol. The number of nitrogens with one attached hydrogen (secondary N) is 1. The molecule has 0 saturated carbocycles. The molecule has 2 N–H and O–H groups in total. The summed E-state index contributed by atoms with van der Waals surface area (Å²) in [5.74, 6) is 0. The van der Waals surface area contributed by atoms with Gasteiger partial charge in [0.05, 0.1) is 0 Å². The molecule has 0 rings (SSSR count). The Balaban J connectivity index is -0.0000000267. The van der Waals surface area contributed by atoms with Crippen molar-refractivity contribution in [2.24, 2.45) is 0 Å². The molecule has 0 atom stereocenters. The Morgan fingerprint density at radius 2 is 2.17 bits per heavy atom. The van der Waals surface area contributed by atoms with Gasteiger partial charge in [-0.2, -0.15) is 4.79 Å². The van der Waals surface area contributed by atoms with Crippen LogP contribution in [-0.4, -0.2) is 60.1 Å². The third-order valence-electron chi connectivity index (χ3n) is 0.0956. The molecular formula is CH4BaN2O2. The smallest absolute Gasteiger partial charge is 1.00 e. The van der Waals surface area contributed by atoms with E-state index < -0.39 is 6.09 Å². The van der Waals surface area contributed by atoms with E-state index in [0.29, 0.717) is 0 Å². The first-order valence-corrected chi connectivity index (χ1v) is 0.901. The fraction of sp³-hybridized carbons (Fsp3) is 0. The van der Waals surface area contributed by atoms with E-state index >= 15 is 0 Å². The summed E-state index contributed by atoms with van der Waals surface area (Å²) in [6.07, 6.45) is -1.44. The van der Waals surface area contributed by atoms with Crippen LogP contribution in [0.3, 0.4) is 0 Å². The zero-order valence-corrected chi connectivity index (χ0v) is 7.45. The molecule has 32 valence electrons. The van der Waals surface area contributed by atoms with Gasteiger partial charge in [-0.3, -0.25) is 0 Å². The van der Waals surface area contributed by atoms with Crippen LogP contribution in [0.5, 0.6) is 0 Å². The molecule has 1 amide bonds. The molecule has 0 heterocycles. The molecule has 0 saturated heterocycles. The van der Waals surface area contributed by atoms with Gasteiger partial charge in [0, 0.05) is 0 Å². The number of amides is 1. The molecule has 0 bridgehead atoms. The number of carboxylic acid groups (broad SMARTS) is 1. The van der Waals surface area contributed by atoms with Crippen LogP contribution in [0.25, 0.3) is 5.53 Å². The van der Waals surface area contributed by atoms with Gasteiger partial charge in [-0.1, -0.05) is 0 Å². The van der Waals surface area contributed by atoms with E-state index in [1.165, 1.54) is 0 Å². The van der Waals surface area contributed by atoms with Crippen molar-refractivity contribution < 1.29 is 17.9 Å². The van der Waals surface area contributed by atoms with Crippen LogP contribution >= 0.6 is 0 Å². The van der Waals surface area contributed by atoms with Crippen molar-refractivity contribution in [3.05, 3.63) is 5.53 Å². The molecule has 0 fully saturated rings. The molecule has 0 aromatic rings. The minimum atomic E-state index is -1.44. The molecule has 5 heteroatoms. The minimum Gasteiger partial charge on any atom is -1.00 e. The summed E-state index contributed by atoms with van der Waals surface area (Å²) < 4.78 is 0. The van der Waals surface area contributed by atoms with E-state index in [1.807, 2.05) is 0 Å². The van der Waals surface area contributed by atoms with Gasteiger partial charge in [0.2, 0.25) is 0 Å². The van der Waals surface area contributed by atoms with Crippen LogP contribution < -0.4 is 5.11 Å². The van der Waals surface area contributed by atoms with Crippen molar-refractivity contribution in [1.29, 1.82) is 0 Å². The van der Waals surface area contributed by atoms with Gasteiger partial charge in [-0.05, 0) is 0 Å². The summed E-state index contributed by atoms with van der Waals surface area (Å²) in [7, 11) is 0. The molecule has 6 heavy (non-hydrogen) atoms. The molecule has 0 aromatic heterocycles. The summed E-state index contributed by atoms with van der Waals surface area (Å²) in [6, 6.07) is 0. The van der Waals surface area contributed by atoms with Crippen molar-refractivity contribution in [2.75, 3.05) is 0 Å². The Labute approximate surface area is 77.5 Å². The summed E-state index contributed by atoms with van der Waals surface area (Å²) in [6.45, 7) is 0. The number of carbonyl (C=O) groups is 1. The van der Waals surface area contributed by atoms with Crippen LogP contribution in [0.4, 0.5) is 4.79 Å². The molecule has 4 nitrogen and oxygen atoms in total. The van der Waals surface area contributed by atoms with Crippen LogP contribution in [0, 0.1) is 0 Å². The summed E-state index contributed by atoms with van der Waals surface area (Å²) >= 11 is 0. The van der Waals surface area contributed by atoms with E-state index in [1.54, 1.807) is 0 Å². The van der Waals surface area contributed by atoms with E-state index in [2.05, 4.69) is 0 Å². The zero-order chi connectivity index (χ0) is 4.28. The molecule has 0 unspecified atom stereocenters. The van der Waals surface area contributed by atoms with Gasteiger partial charge in [-0.15, -0.1) is 0 Å². The normalized spacial score (nSPS) is 5.33. The van der Waals surface area contributed by atoms with Crippen molar-refractivity contribution >= 4 is 55.0 Å². The Morgan fingerprint density at radius 1 is 2.00 bits per heavy atom. The Bertz CT molecular complexity index is 69.1. The molecule has 0 spiro atoms. The predicted octanol–water partition coefficient (Wildman–Crippen LogP) is -1.39. The van der Waals surface area contributed by atoms with Gasteiger partial charge < -0.3 is 13.5 Å². The van der Waals surface area contributed by atoms with E-state index in [0.717, 1.165) is 5.11 Å². The first-order chi connectivity index (χ1) is 2.27. The second kappa shape index (κ2) is 5.64. The molecule has 0 aromatic carbocycles. The minimum absolute atomic E-state index is 0. The molecule has 0 aliphatic carbocycles. The van der Waals surface area contributed by atoms with Crippen LogP contribution in [-0.2, 0) is 0 Å². The third-order valence-corrected chi connectivity index (χ3v) is 0.0956. The van der Waals surface area contributed by atoms with Crippen LogP contribution in [0.1, 0.15) is 2.85 Å². The molecular weight excluding hydrogens is 209 g/mol. The largest absolute Gasteiger partial charge is 2.00 e. The summed E-state index contributed by atoms with van der Waals surface area (Å²) in [4.78, 5) is 9.01. The predicted molar refractivity (Wildman–Crippen MR) is 20.3 cm³/mol. The monoisotopic (exact) mass is 214 g/mol. The number of hydrogen-bond acceptors (Lipinski definition) is 1. The first-order valence-electron chi connectivity index (χ1n) is 0.901. The van der Waals surface area contributed by atoms with E-state index in [-0.39, 0.29) is 51.7 Å². The fourth-order valence-electron chi connectivity index (χ4n) is 0. The van der Waals surface area contributed by atoms with Gasteiger partial charge in [-0.25, -0.2) is 5.11 Å². The van der Waals surface area contributed by atoms with E-state index in [9.17, 15) is 0 Å². The average Bonchev–Trinajstić information content (AvgIpc) is 1.38. The van der Waals surface area contributed by atoms with Gasteiger partial charge >= 0.3 is 55.0 Å². The summed E-state index contributed by atoms with van der Waals surface area (Å²) in [5, 5.41) is 8.31. The maximum atomic E-state index is 9.01. The fourth-order valence-corrected chi connectivity index (χ4v) is 0. The second-order valence-corrected chi connectivity index (χ2v) is 0.417. The topological polar surface area (TPSA) is 73.6 Å². The first kappa shape index (κ1) is 9.81. The quantitative estimate of drug-likeness (QED) is 0.384. The van der Waals surface area contributed by atoms with Crippen molar-refractivity contribution in [3.63, 3.8) is 0 Å². The summed E-state index contributed by atoms with van der Waals surface area (Å²) in [5.41, 5.74) is 7.29. The van der Waals surface area contributed by atoms with E-state index in [4.69, 9.17) is 15.4 Å². The van der Waals surface area contributed by atoms with Crippen molar-refractivity contribution in [3.8, 4) is 0 Å². The SMILES string of the molecule is [Ba+2].[H-].[H-].[N-]=[NH+]C(=O)O. The Morgan fingerprint density at radius 3 is 2.17 bits per heavy atom. The standard InChI is InChI=1S/CH2N2O2.Ba.2H/c2-3-1(4)5;;;/h3H,(H,4,5);;;/q;+2;2*-1. The number of nitrogens with zero attached hydrogens (tertiary/aromatic N) is 1. The Kier molecular flexibility index (Phi) is 9.23. The van der Waals surface area contributed by atoms with Crippen LogP contribution in [0.15, 0.2) is 0 Å². The maximum absolute atomic E-state index is 9.01. The molecule has 0 radical (unpaired) electrons. The van der Waals surface area contributed by atoms with Gasteiger partial charge in [0.15, 0.2) is 0 Å². The van der Waals surface area contributed by atoms with Gasteiger partial charge in [0.1, 0.15) is 0 Å². The van der Waals surface area contributed by atoms with Crippen LogP contribution in [0.2, 0.25) is 0 Å². The van der Waals surface area contributed by atoms with Crippen molar-refractivity contribution in [1.82, 2.24) is 0 Å². The molecule has 0 aliphatic rings. The van der Waals surface area contributed by atoms with Crippen molar-refractivity contribution in [2.45, 2.75) is 0 Å². The van der Waals surface area contributed by atoms with Gasteiger partial charge in [0.25, 0.3) is 0 Å². The number of rotatable bonds is 0. The Hall–Kier alpha value is 0.641.